The lowest BCUT2D eigenvalue weighted by Crippen LogP contribution is -2.58. The number of aliphatic hydroxyl groups is 2. The Balaban J connectivity index is 1.80. The highest BCUT2D eigenvalue weighted by Gasteiger charge is 2.44. The van der Waals surface area contributed by atoms with Gasteiger partial charge in [0.2, 0.25) is 0 Å². The summed E-state index contributed by atoms with van der Waals surface area (Å²) in [5.74, 6) is -0.828. The van der Waals surface area contributed by atoms with Gasteiger partial charge >= 0.3 is 0 Å². The number of benzene rings is 1. The number of piperidine rings is 1. The van der Waals surface area contributed by atoms with E-state index in [1.54, 1.807) is 18.2 Å². The second-order valence-corrected chi connectivity index (χ2v) is 6.08. The molecule has 0 saturated carbocycles. The van der Waals surface area contributed by atoms with E-state index in [1.807, 2.05) is 0 Å². The van der Waals surface area contributed by atoms with Crippen LogP contribution in [0.2, 0.25) is 0 Å². The van der Waals surface area contributed by atoms with Crippen molar-refractivity contribution in [3.63, 3.8) is 0 Å². The molecule has 0 spiro atoms. The number of anilines is 1. The summed E-state index contributed by atoms with van der Waals surface area (Å²) < 4.78 is 0. The summed E-state index contributed by atoms with van der Waals surface area (Å²) in [5, 5.41) is 25.3. The van der Waals surface area contributed by atoms with E-state index in [9.17, 15) is 19.8 Å². The highest BCUT2D eigenvalue weighted by Crippen LogP contribution is 2.30. The smallest absolute Gasteiger partial charge is 0.262 e. The molecule has 130 valence electrons. The van der Waals surface area contributed by atoms with Gasteiger partial charge in [-0.3, -0.25) is 19.8 Å². The Morgan fingerprint density at radius 3 is 2.67 bits per heavy atom. The molecule has 2 aliphatic rings. The van der Waals surface area contributed by atoms with Crippen LogP contribution in [0.3, 0.4) is 0 Å². The van der Waals surface area contributed by atoms with E-state index in [4.69, 9.17) is 5.73 Å². The third kappa shape index (κ3) is 3.01. The molecule has 0 bridgehead atoms. The Bertz CT molecular complexity index is 651. The minimum Gasteiger partial charge on any atom is -0.385 e. The van der Waals surface area contributed by atoms with E-state index in [-0.39, 0.29) is 0 Å². The molecule has 2 aliphatic heterocycles. The van der Waals surface area contributed by atoms with E-state index < -0.39 is 30.3 Å². The van der Waals surface area contributed by atoms with Gasteiger partial charge in [-0.1, -0.05) is 0 Å². The van der Waals surface area contributed by atoms with E-state index in [1.165, 1.54) is 0 Å². The van der Waals surface area contributed by atoms with Crippen molar-refractivity contribution in [1.82, 2.24) is 10.2 Å². The molecule has 2 amide bonds. The Hall–Kier alpha value is -2.00. The number of nitrogens with one attached hydrogen (secondary N) is 2. The van der Waals surface area contributed by atoms with Gasteiger partial charge in [-0.2, -0.15) is 0 Å². The zero-order valence-electron chi connectivity index (χ0n) is 13.2. The average Bonchev–Trinajstić information content (AvgIpc) is 2.80. The lowest BCUT2D eigenvalue weighted by atomic mass is 10.0. The van der Waals surface area contributed by atoms with Gasteiger partial charge in [0, 0.05) is 12.2 Å². The SMILES string of the molecule is NCCCNc1ccc2c(c1)C(=O)N(C1CCC(O)NC1O)C2=O. The predicted octanol–water partition coefficient (Wildman–Crippen LogP) is -0.568. The molecule has 0 aromatic heterocycles. The van der Waals surface area contributed by atoms with Crippen LogP contribution in [0.1, 0.15) is 40.0 Å². The second kappa shape index (κ2) is 6.86. The summed E-state index contributed by atoms with van der Waals surface area (Å²) in [5.41, 5.74) is 6.87. The van der Waals surface area contributed by atoms with Crippen LogP contribution in [0.5, 0.6) is 0 Å². The van der Waals surface area contributed by atoms with Crippen molar-refractivity contribution in [1.29, 1.82) is 0 Å². The van der Waals surface area contributed by atoms with Crippen molar-refractivity contribution < 1.29 is 19.8 Å². The minimum absolute atomic E-state index is 0.330. The van der Waals surface area contributed by atoms with Crippen LogP contribution < -0.4 is 16.4 Å². The quantitative estimate of drug-likeness (QED) is 0.360. The molecule has 1 saturated heterocycles. The molecule has 24 heavy (non-hydrogen) atoms. The number of carbonyl (C=O) groups is 2. The summed E-state index contributed by atoms with van der Waals surface area (Å²) in [4.78, 5) is 26.3. The van der Waals surface area contributed by atoms with E-state index in [0.717, 1.165) is 17.0 Å². The number of imide groups is 1. The molecule has 2 heterocycles. The molecule has 1 aromatic rings. The molecule has 6 N–H and O–H groups in total. The second-order valence-electron chi connectivity index (χ2n) is 6.08. The van der Waals surface area contributed by atoms with Crippen LogP contribution in [0, 0.1) is 0 Å². The Kier molecular flexibility index (Phi) is 4.81. The van der Waals surface area contributed by atoms with Gasteiger partial charge in [0.1, 0.15) is 12.5 Å². The fourth-order valence-corrected chi connectivity index (χ4v) is 3.15. The van der Waals surface area contributed by atoms with Crippen molar-refractivity contribution >= 4 is 17.5 Å². The molecular weight excluding hydrogens is 312 g/mol. The van der Waals surface area contributed by atoms with Crippen LogP contribution >= 0.6 is 0 Å². The Morgan fingerprint density at radius 1 is 1.21 bits per heavy atom. The van der Waals surface area contributed by atoms with Crippen LogP contribution in [0.4, 0.5) is 5.69 Å². The molecular formula is C16H22N4O4. The van der Waals surface area contributed by atoms with Crippen molar-refractivity contribution in [3.8, 4) is 0 Å². The number of amides is 2. The number of nitrogens with two attached hydrogens (primary N) is 1. The number of fused-ring (bicyclic) bond motifs is 1. The van der Waals surface area contributed by atoms with Crippen molar-refractivity contribution in [2.24, 2.45) is 5.73 Å². The van der Waals surface area contributed by atoms with Gasteiger partial charge in [0.15, 0.2) is 0 Å². The predicted molar refractivity (Wildman–Crippen MR) is 87.3 cm³/mol. The number of rotatable bonds is 5. The zero-order chi connectivity index (χ0) is 17.3. The lowest BCUT2D eigenvalue weighted by molar-refractivity contribution is -0.0413. The normalized spacial score (nSPS) is 26.6. The monoisotopic (exact) mass is 334 g/mol. The number of hydrogen-bond acceptors (Lipinski definition) is 7. The maximum atomic E-state index is 12.7. The maximum Gasteiger partial charge on any atom is 0.262 e. The molecule has 1 fully saturated rings. The van der Waals surface area contributed by atoms with Crippen LogP contribution in [0.15, 0.2) is 18.2 Å². The van der Waals surface area contributed by atoms with Crippen molar-refractivity contribution in [2.75, 3.05) is 18.4 Å². The third-order valence-electron chi connectivity index (χ3n) is 4.42. The van der Waals surface area contributed by atoms with Gasteiger partial charge in [0.25, 0.3) is 11.8 Å². The van der Waals surface area contributed by atoms with Gasteiger partial charge in [0.05, 0.1) is 17.2 Å². The van der Waals surface area contributed by atoms with Crippen LogP contribution in [-0.2, 0) is 0 Å². The van der Waals surface area contributed by atoms with Crippen molar-refractivity contribution in [3.05, 3.63) is 29.3 Å². The minimum atomic E-state index is -1.14. The molecule has 8 nitrogen and oxygen atoms in total. The molecule has 0 radical (unpaired) electrons. The number of hydrogen-bond donors (Lipinski definition) is 5. The summed E-state index contributed by atoms with van der Waals surface area (Å²) in [6.07, 6.45) is -0.454. The fourth-order valence-electron chi connectivity index (χ4n) is 3.15. The van der Waals surface area contributed by atoms with Gasteiger partial charge in [-0.05, 0) is 44.0 Å². The number of nitrogens with zero attached hydrogens (tertiary/aromatic N) is 1. The van der Waals surface area contributed by atoms with E-state index in [2.05, 4.69) is 10.6 Å². The van der Waals surface area contributed by atoms with Gasteiger partial charge in [-0.15, -0.1) is 0 Å². The molecule has 3 unspecified atom stereocenters. The number of carbonyl (C=O) groups excluding carboxylic acids is 2. The summed E-state index contributed by atoms with van der Waals surface area (Å²) in [6.45, 7) is 1.26. The van der Waals surface area contributed by atoms with Crippen molar-refractivity contribution in [2.45, 2.75) is 37.8 Å². The van der Waals surface area contributed by atoms with E-state index >= 15 is 0 Å². The fraction of sp³-hybridized carbons (Fsp3) is 0.500. The third-order valence-corrected chi connectivity index (χ3v) is 4.42. The summed E-state index contributed by atoms with van der Waals surface area (Å²) >= 11 is 0. The summed E-state index contributed by atoms with van der Waals surface area (Å²) in [7, 11) is 0. The first-order valence-corrected chi connectivity index (χ1v) is 8.11. The van der Waals surface area contributed by atoms with Crippen LogP contribution in [0.25, 0.3) is 0 Å². The first kappa shape index (κ1) is 16.8. The Morgan fingerprint density at radius 2 is 1.96 bits per heavy atom. The highest BCUT2D eigenvalue weighted by molar-refractivity contribution is 6.22. The van der Waals surface area contributed by atoms with Gasteiger partial charge in [-0.25, -0.2) is 0 Å². The molecule has 8 heteroatoms. The molecule has 3 rings (SSSR count). The number of aliphatic hydroxyl groups excluding tert-OH is 2. The first-order valence-electron chi connectivity index (χ1n) is 8.11. The highest BCUT2D eigenvalue weighted by atomic mass is 16.3. The van der Waals surface area contributed by atoms with Crippen LogP contribution in [-0.4, -0.2) is 58.5 Å². The largest absolute Gasteiger partial charge is 0.385 e. The molecule has 1 aromatic carbocycles. The standard InChI is InChI=1S/C16H22N4O4/c17-6-1-7-18-9-2-3-10-11(8-9)16(24)20(15(10)23)12-4-5-13(21)19-14(12)22/h2-3,8,12-14,18-19,21-22H,1,4-7,17H2. The zero-order valence-corrected chi connectivity index (χ0v) is 13.2. The lowest BCUT2D eigenvalue weighted by Gasteiger charge is -2.36. The topological polar surface area (TPSA) is 128 Å². The maximum absolute atomic E-state index is 12.7. The average molecular weight is 334 g/mol. The summed E-state index contributed by atoms with van der Waals surface area (Å²) in [6, 6.07) is 4.35. The Labute approximate surface area is 139 Å². The molecule has 3 atom stereocenters. The first-order chi connectivity index (χ1) is 11.5. The van der Waals surface area contributed by atoms with Gasteiger partial charge < -0.3 is 21.3 Å². The van der Waals surface area contributed by atoms with E-state index in [0.29, 0.717) is 37.1 Å². The molecule has 0 aliphatic carbocycles.